The minimum Gasteiger partial charge on any atom is -0.508 e. The number of pyridine rings is 1. The van der Waals surface area contributed by atoms with E-state index in [2.05, 4.69) is 17.6 Å². The van der Waals surface area contributed by atoms with Crippen LogP contribution in [0.2, 0.25) is 0 Å². The van der Waals surface area contributed by atoms with Crippen LogP contribution < -0.4 is 0 Å². The normalized spacial score (nSPS) is 10.3. The molecule has 1 N–H and O–H groups in total. The molecule has 0 aliphatic rings. The fourth-order valence-corrected chi connectivity index (χ4v) is 2.19. The Morgan fingerprint density at radius 1 is 1.30 bits per heavy atom. The largest absolute Gasteiger partial charge is 0.508 e. The van der Waals surface area contributed by atoms with Gasteiger partial charge in [0.05, 0.1) is 11.1 Å². The van der Waals surface area contributed by atoms with Crippen LogP contribution in [0.15, 0.2) is 55.4 Å². The molecule has 4 heteroatoms. The lowest BCUT2D eigenvalue weighted by atomic mass is 10.2. The molecule has 0 saturated heterocycles. The van der Waals surface area contributed by atoms with Crippen molar-refractivity contribution in [2.45, 2.75) is 0 Å². The van der Waals surface area contributed by atoms with Crippen LogP contribution in [-0.2, 0) is 0 Å². The Kier molecular flexibility index (Phi) is 2.73. The lowest BCUT2D eigenvalue weighted by molar-refractivity contribution is 0.513. The third-order valence-electron chi connectivity index (χ3n) is 3.16. The molecule has 3 aromatic rings. The summed E-state index contributed by atoms with van der Waals surface area (Å²) in [5.41, 5.74) is 2.10. The van der Waals surface area contributed by atoms with Crippen molar-refractivity contribution in [3.8, 4) is 11.9 Å². The van der Waals surface area contributed by atoms with Crippen LogP contribution in [0, 0.1) is 11.3 Å². The van der Waals surface area contributed by atoms with Crippen molar-refractivity contribution >= 4 is 16.7 Å². The van der Waals surface area contributed by atoms with Gasteiger partial charge in [0.15, 0.2) is 0 Å². The lowest BCUT2D eigenvalue weighted by Gasteiger charge is -2.06. The van der Waals surface area contributed by atoms with Crippen molar-refractivity contribution in [3.63, 3.8) is 0 Å². The van der Waals surface area contributed by atoms with E-state index in [1.165, 1.54) is 0 Å². The summed E-state index contributed by atoms with van der Waals surface area (Å²) in [5.74, 6) is 0.626. The van der Waals surface area contributed by atoms with Gasteiger partial charge in [-0.15, -0.1) is 0 Å². The third-order valence-corrected chi connectivity index (χ3v) is 3.16. The summed E-state index contributed by atoms with van der Waals surface area (Å²) >= 11 is 0. The number of aliphatic hydroxyl groups is 1. The van der Waals surface area contributed by atoms with Crippen molar-refractivity contribution in [3.05, 3.63) is 66.5 Å². The molecule has 0 radical (unpaired) electrons. The number of aliphatic hydroxyl groups excluding tert-OH is 1. The molecule has 0 aliphatic carbocycles. The zero-order chi connectivity index (χ0) is 14.1. The van der Waals surface area contributed by atoms with Gasteiger partial charge in [-0.1, -0.05) is 24.8 Å². The summed E-state index contributed by atoms with van der Waals surface area (Å²) in [5, 5.41) is 19.6. The van der Waals surface area contributed by atoms with Gasteiger partial charge in [-0.05, 0) is 18.2 Å². The summed E-state index contributed by atoms with van der Waals surface area (Å²) in [4.78, 5) is 4.29. The molecule has 0 atom stereocenters. The molecule has 0 saturated carbocycles. The summed E-state index contributed by atoms with van der Waals surface area (Å²) in [6.45, 7) is 3.51. The molecule has 0 aliphatic heterocycles. The van der Waals surface area contributed by atoms with E-state index in [0.29, 0.717) is 16.9 Å². The number of aromatic nitrogens is 2. The Morgan fingerprint density at radius 2 is 2.10 bits per heavy atom. The summed E-state index contributed by atoms with van der Waals surface area (Å²) in [6.07, 6.45) is 3.35. The van der Waals surface area contributed by atoms with E-state index in [4.69, 9.17) is 0 Å². The average Bonchev–Trinajstić information content (AvgIpc) is 2.86. The molecular weight excluding hydrogens is 250 g/mol. The molecule has 0 unspecified atom stereocenters. The monoisotopic (exact) mass is 261 g/mol. The van der Waals surface area contributed by atoms with Crippen LogP contribution >= 0.6 is 0 Å². The van der Waals surface area contributed by atoms with E-state index < -0.39 is 0 Å². The van der Waals surface area contributed by atoms with Gasteiger partial charge in [0.25, 0.3) is 0 Å². The van der Waals surface area contributed by atoms with Gasteiger partial charge in [0.1, 0.15) is 17.6 Å². The van der Waals surface area contributed by atoms with Gasteiger partial charge in [-0.3, -0.25) is 4.57 Å². The maximum absolute atomic E-state index is 9.48. The van der Waals surface area contributed by atoms with Gasteiger partial charge in [-0.2, -0.15) is 5.26 Å². The topological polar surface area (TPSA) is 61.8 Å². The molecule has 4 nitrogen and oxygen atoms in total. The number of rotatable bonds is 2. The highest BCUT2D eigenvalue weighted by atomic mass is 16.3. The first-order chi connectivity index (χ1) is 9.70. The van der Waals surface area contributed by atoms with E-state index in [1.54, 1.807) is 24.5 Å². The summed E-state index contributed by atoms with van der Waals surface area (Å²) < 4.78 is 1.83. The first-order valence-corrected chi connectivity index (χ1v) is 6.05. The third kappa shape index (κ3) is 1.82. The zero-order valence-corrected chi connectivity index (χ0v) is 10.6. The highest BCUT2D eigenvalue weighted by Crippen LogP contribution is 2.24. The first kappa shape index (κ1) is 12.0. The number of hydrogen-bond acceptors (Lipinski definition) is 3. The van der Waals surface area contributed by atoms with Crippen LogP contribution in [0.25, 0.3) is 22.5 Å². The second-order valence-electron chi connectivity index (χ2n) is 4.39. The van der Waals surface area contributed by atoms with Crippen molar-refractivity contribution in [2.24, 2.45) is 0 Å². The standard InChI is InChI=1S/C16H11N3O/c1-11(20)12-6-7-18-16(8-12)19-10-13(9-17)14-4-2-3-5-15(14)19/h2-8,10,20H,1H2. The van der Waals surface area contributed by atoms with E-state index in [1.807, 2.05) is 28.8 Å². The van der Waals surface area contributed by atoms with Gasteiger partial charge >= 0.3 is 0 Å². The van der Waals surface area contributed by atoms with Crippen LogP contribution in [-0.4, -0.2) is 14.7 Å². The Bertz CT molecular complexity index is 856. The highest BCUT2D eigenvalue weighted by molar-refractivity contribution is 5.87. The van der Waals surface area contributed by atoms with E-state index >= 15 is 0 Å². The Hall–Kier alpha value is -3.06. The first-order valence-electron chi connectivity index (χ1n) is 6.05. The van der Waals surface area contributed by atoms with Crippen LogP contribution in [0.4, 0.5) is 0 Å². The maximum Gasteiger partial charge on any atom is 0.137 e. The van der Waals surface area contributed by atoms with Gasteiger partial charge in [0, 0.05) is 23.3 Å². The van der Waals surface area contributed by atoms with Gasteiger partial charge < -0.3 is 5.11 Å². The summed E-state index contributed by atoms with van der Waals surface area (Å²) in [6, 6.07) is 13.2. The van der Waals surface area contributed by atoms with Crippen molar-refractivity contribution in [1.29, 1.82) is 5.26 Å². The number of nitriles is 1. The number of fused-ring (bicyclic) bond motifs is 1. The molecule has 0 bridgehead atoms. The van der Waals surface area contributed by atoms with E-state index in [0.717, 1.165) is 10.9 Å². The summed E-state index contributed by atoms with van der Waals surface area (Å²) in [7, 11) is 0. The smallest absolute Gasteiger partial charge is 0.137 e. The molecular formula is C16H11N3O. The second kappa shape index (κ2) is 4.56. The molecule has 20 heavy (non-hydrogen) atoms. The maximum atomic E-state index is 9.48. The molecule has 96 valence electrons. The molecule has 1 aromatic carbocycles. The number of para-hydroxylation sites is 1. The predicted molar refractivity (Wildman–Crippen MR) is 77.4 cm³/mol. The second-order valence-corrected chi connectivity index (χ2v) is 4.39. The van der Waals surface area contributed by atoms with Gasteiger partial charge in [0.2, 0.25) is 0 Å². The van der Waals surface area contributed by atoms with Crippen molar-refractivity contribution < 1.29 is 5.11 Å². The Morgan fingerprint density at radius 3 is 2.85 bits per heavy atom. The Labute approximate surface area is 115 Å². The number of hydrogen-bond donors (Lipinski definition) is 1. The fraction of sp³-hybridized carbons (Fsp3) is 0. The Balaban J connectivity index is 2.28. The fourth-order valence-electron chi connectivity index (χ4n) is 2.19. The predicted octanol–water partition coefficient (Wildman–Crippen LogP) is 3.43. The minimum atomic E-state index is -0.00869. The molecule has 2 aromatic heterocycles. The van der Waals surface area contributed by atoms with Crippen molar-refractivity contribution in [2.75, 3.05) is 0 Å². The zero-order valence-electron chi connectivity index (χ0n) is 10.6. The molecule has 0 amide bonds. The van der Waals surface area contributed by atoms with Crippen LogP contribution in [0.1, 0.15) is 11.1 Å². The highest BCUT2D eigenvalue weighted by Gasteiger charge is 2.10. The molecule has 0 fully saturated rings. The average molecular weight is 261 g/mol. The van der Waals surface area contributed by atoms with Crippen LogP contribution in [0.5, 0.6) is 0 Å². The van der Waals surface area contributed by atoms with Gasteiger partial charge in [-0.25, -0.2) is 4.98 Å². The van der Waals surface area contributed by atoms with E-state index in [9.17, 15) is 10.4 Å². The van der Waals surface area contributed by atoms with Crippen molar-refractivity contribution in [1.82, 2.24) is 9.55 Å². The van der Waals surface area contributed by atoms with E-state index in [-0.39, 0.29) is 5.76 Å². The number of nitrogens with zero attached hydrogens (tertiary/aromatic N) is 3. The SMILES string of the molecule is C=C(O)c1ccnc(-n2cc(C#N)c3ccccc32)c1. The van der Waals surface area contributed by atoms with Crippen LogP contribution in [0.3, 0.4) is 0 Å². The molecule has 2 heterocycles. The molecule has 0 spiro atoms. The quantitative estimate of drug-likeness (QED) is 0.719. The lowest BCUT2D eigenvalue weighted by Crippen LogP contribution is -1.96. The number of benzene rings is 1. The molecule has 3 rings (SSSR count). The minimum absolute atomic E-state index is 0.00869.